The second-order valence-electron chi connectivity index (χ2n) is 6.71. The molecule has 1 amide bonds. The first kappa shape index (κ1) is 21.1. The van der Waals surface area contributed by atoms with Gasteiger partial charge in [-0.15, -0.1) is 11.3 Å². The number of amides is 1. The summed E-state index contributed by atoms with van der Waals surface area (Å²) >= 11 is 1.67. The van der Waals surface area contributed by atoms with E-state index < -0.39 is 0 Å². The molecule has 0 aliphatic rings. The van der Waals surface area contributed by atoms with Crippen LogP contribution < -0.4 is 14.8 Å². The summed E-state index contributed by atoms with van der Waals surface area (Å²) in [4.78, 5) is 18.9. The minimum absolute atomic E-state index is 0.0317. The van der Waals surface area contributed by atoms with Gasteiger partial charge in [0.2, 0.25) is 5.91 Å². The van der Waals surface area contributed by atoms with Crippen molar-refractivity contribution in [1.82, 2.24) is 15.2 Å². The number of hydrogen-bond donors (Lipinski definition) is 1. The van der Waals surface area contributed by atoms with E-state index in [4.69, 9.17) is 9.47 Å². The van der Waals surface area contributed by atoms with Crippen LogP contribution in [0, 0.1) is 0 Å². The van der Waals surface area contributed by atoms with Crippen molar-refractivity contribution in [1.29, 1.82) is 0 Å². The van der Waals surface area contributed by atoms with E-state index in [1.807, 2.05) is 61.3 Å². The van der Waals surface area contributed by atoms with Crippen LogP contribution in [-0.2, 0) is 4.79 Å². The van der Waals surface area contributed by atoms with Crippen molar-refractivity contribution in [3.05, 3.63) is 53.5 Å². The molecule has 6 nitrogen and oxygen atoms in total. The molecule has 0 unspecified atom stereocenters. The van der Waals surface area contributed by atoms with E-state index in [9.17, 15) is 4.79 Å². The molecule has 0 aliphatic carbocycles. The van der Waals surface area contributed by atoms with Crippen LogP contribution in [0.2, 0.25) is 0 Å². The van der Waals surface area contributed by atoms with Crippen LogP contribution in [0.25, 0.3) is 10.2 Å². The highest BCUT2D eigenvalue weighted by molar-refractivity contribution is 7.18. The minimum atomic E-state index is -0.0317. The first-order valence-electron chi connectivity index (χ1n) is 9.75. The van der Waals surface area contributed by atoms with Gasteiger partial charge in [-0.1, -0.05) is 12.1 Å². The molecule has 0 bridgehead atoms. The Morgan fingerprint density at radius 3 is 2.52 bits per heavy atom. The number of thiazole rings is 1. The van der Waals surface area contributed by atoms with Gasteiger partial charge in [0.25, 0.3) is 0 Å². The van der Waals surface area contributed by atoms with Gasteiger partial charge in [0.05, 0.1) is 36.0 Å². The van der Waals surface area contributed by atoms with Crippen LogP contribution in [0.1, 0.15) is 24.9 Å². The highest BCUT2D eigenvalue weighted by Crippen LogP contribution is 2.28. The molecule has 1 N–H and O–H groups in total. The summed E-state index contributed by atoms with van der Waals surface area (Å²) in [5.41, 5.74) is 1.00. The number of benzene rings is 2. The summed E-state index contributed by atoms with van der Waals surface area (Å²) in [5, 5.41) is 3.92. The largest absolute Gasteiger partial charge is 0.494 e. The molecule has 1 atom stereocenters. The van der Waals surface area contributed by atoms with E-state index in [1.54, 1.807) is 11.3 Å². The summed E-state index contributed by atoms with van der Waals surface area (Å²) in [7, 11) is 1.94. The first-order valence-corrected chi connectivity index (χ1v) is 10.6. The Labute approximate surface area is 175 Å². The molecule has 1 aromatic heterocycles. The number of aromatic nitrogens is 1. The number of nitrogens with zero attached hydrogens (tertiary/aromatic N) is 2. The number of ether oxygens (including phenoxy) is 2. The Morgan fingerprint density at radius 1 is 1.14 bits per heavy atom. The van der Waals surface area contributed by atoms with Gasteiger partial charge in [-0.05, 0) is 57.3 Å². The van der Waals surface area contributed by atoms with Gasteiger partial charge < -0.3 is 14.8 Å². The van der Waals surface area contributed by atoms with Crippen LogP contribution in [-0.4, -0.2) is 49.1 Å². The SMILES string of the molecule is CCOc1ccc(OCCNC(=O)CN(C)[C@H](C)c2nc3ccccc3s2)cc1. The van der Waals surface area contributed by atoms with E-state index in [1.165, 1.54) is 4.70 Å². The number of carbonyl (C=O) groups excluding carboxylic acids is 1. The average molecular weight is 414 g/mol. The van der Waals surface area contributed by atoms with E-state index in [0.717, 1.165) is 22.0 Å². The third kappa shape index (κ3) is 5.92. The summed E-state index contributed by atoms with van der Waals surface area (Å²) in [5.74, 6) is 1.54. The molecule has 0 fully saturated rings. The van der Waals surface area contributed by atoms with Crippen LogP contribution >= 0.6 is 11.3 Å². The molecule has 0 saturated carbocycles. The third-order valence-electron chi connectivity index (χ3n) is 4.55. The Bertz CT molecular complexity index is 893. The van der Waals surface area contributed by atoms with E-state index in [2.05, 4.69) is 23.3 Å². The average Bonchev–Trinajstić information content (AvgIpc) is 3.16. The van der Waals surface area contributed by atoms with Crippen molar-refractivity contribution in [3.63, 3.8) is 0 Å². The molecule has 7 heteroatoms. The molecule has 1 heterocycles. The fourth-order valence-corrected chi connectivity index (χ4v) is 3.92. The highest BCUT2D eigenvalue weighted by atomic mass is 32.1. The predicted octanol–water partition coefficient (Wildman–Crippen LogP) is 3.88. The molecule has 3 aromatic rings. The molecule has 0 saturated heterocycles. The fourth-order valence-electron chi connectivity index (χ4n) is 2.83. The molecule has 0 aliphatic heterocycles. The molecule has 154 valence electrons. The van der Waals surface area contributed by atoms with E-state index in [-0.39, 0.29) is 11.9 Å². The highest BCUT2D eigenvalue weighted by Gasteiger charge is 2.18. The lowest BCUT2D eigenvalue weighted by molar-refractivity contribution is -0.122. The first-order chi connectivity index (χ1) is 14.1. The Balaban J connectivity index is 1.40. The van der Waals surface area contributed by atoms with Crippen molar-refractivity contribution < 1.29 is 14.3 Å². The number of likely N-dealkylation sites (N-methyl/N-ethyl adjacent to an activating group) is 1. The summed E-state index contributed by atoms with van der Waals surface area (Å²) in [6.07, 6.45) is 0. The lowest BCUT2D eigenvalue weighted by Gasteiger charge is -2.22. The zero-order valence-electron chi connectivity index (χ0n) is 17.1. The molecule has 2 aromatic carbocycles. The number of nitrogens with one attached hydrogen (secondary N) is 1. The number of rotatable bonds is 10. The van der Waals surface area contributed by atoms with E-state index >= 15 is 0 Å². The van der Waals surface area contributed by atoms with Gasteiger partial charge >= 0.3 is 0 Å². The topological polar surface area (TPSA) is 63.7 Å². The normalized spacial score (nSPS) is 12.1. The second kappa shape index (κ2) is 10.2. The molecular weight excluding hydrogens is 386 g/mol. The zero-order valence-corrected chi connectivity index (χ0v) is 17.9. The minimum Gasteiger partial charge on any atom is -0.494 e. The van der Waals surface area contributed by atoms with Crippen LogP contribution in [0.3, 0.4) is 0 Å². The molecule has 0 radical (unpaired) electrons. The number of carbonyl (C=O) groups is 1. The Hall–Kier alpha value is -2.64. The number of hydrogen-bond acceptors (Lipinski definition) is 6. The maximum atomic E-state index is 12.2. The van der Waals surface area contributed by atoms with Crippen LogP contribution in [0.4, 0.5) is 0 Å². The lowest BCUT2D eigenvalue weighted by atomic mass is 10.3. The molecular formula is C22H27N3O3S. The molecule has 0 spiro atoms. The fraction of sp³-hybridized carbons (Fsp3) is 0.364. The summed E-state index contributed by atoms with van der Waals surface area (Å²) < 4.78 is 12.2. The van der Waals surface area contributed by atoms with Crippen molar-refractivity contribution in [2.24, 2.45) is 0 Å². The summed E-state index contributed by atoms with van der Waals surface area (Å²) in [6.45, 7) is 5.83. The van der Waals surface area contributed by atoms with Crippen molar-refractivity contribution in [3.8, 4) is 11.5 Å². The van der Waals surface area contributed by atoms with Gasteiger partial charge in [0.15, 0.2) is 0 Å². The smallest absolute Gasteiger partial charge is 0.234 e. The predicted molar refractivity (Wildman–Crippen MR) is 117 cm³/mol. The van der Waals surface area contributed by atoms with Gasteiger partial charge in [-0.2, -0.15) is 0 Å². The van der Waals surface area contributed by atoms with Crippen molar-refractivity contribution in [2.75, 3.05) is 33.4 Å². The number of fused-ring (bicyclic) bond motifs is 1. The number of para-hydroxylation sites is 1. The lowest BCUT2D eigenvalue weighted by Crippen LogP contribution is -2.38. The Morgan fingerprint density at radius 2 is 1.83 bits per heavy atom. The van der Waals surface area contributed by atoms with Crippen LogP contribution in [0.5, 0.6) is 11.5 Å². The van der Waals surface area contributed by atoms with Gasteiger partial charge in [-0.25, -0.2) is 4.98 Å². The van der Waals surface area contributed by atoms with E-state index in [0.29, 0.717) is 26.3 Å². The Kier molecular flexibility index (Phi) is 7.43. The maximum absolute atomic E-state index is 12.2. The van der Waals surface area contributed by atoms with Gasteiger partial charge in [0.1, 0.15) is 23.1 Å². The van der Waals surface area contributed by atoms with Crippen molar-refractivity contribution >= 4 is 27.5 Å². The van der Waals surface area contributed by atoms with Crippen LogP contribution in [0.15, 0.2) is 48.5 Å². The second-order valence-corrected chi connectivity index (χ2v) is 7.78. The van der Waals surface area contributed by atoms with Gasteiger partial charge in [0, 0.05) is 0 Å². The molecule has 29 heavy (non-hydrogen) atoms. The summed E-state index contributed by atoms with van der Waals surface area (Å²) in [6, 6.07) is 15.6. The zero-order chi connectivity index (χ0) is 20.6. The maximum Gasteiger partial charge on any atom is 0.234 e. The monoisotopic (exact) mass is 413 g/mol. The quantitative estimate of drug-likeness (QED) is 0.511. The standard InChI is InChI=1S/C22H27N3O3S/c1-4-27-17-9-11-18(12-10-17)28-14-13-23-21(26)15-25(3)16(2)22-24-19-7-5-6-8-20(19)29-22/h5-12,16H,4,13-15H2,1-3H3,(H,23,26)/t16-/m1/s1. The van der Waals surface area contributed by atoms with Gasteiger partial charge in [-0.3, -0.25) is 9.69 Å². The van der Waals surface area contributed by atoms with Crippen molar-refractivity contribution in [2.45, 2.75) is 19.9 Å². The third-order valence-corrected chi connectivity index (χ3v) is 5.76. The molecule has 3 rings (SSSR count).